The predicted octanol–water partition coefficient (Wildman–Crippen LogP) is 5.01. The van der Waals surface area contributed by atoms with Crippen molar-refractivity contribution in [1.82, 2.24) is 10.3 Å². The van der Waals surface area contributed by atoms with Gasteiger partial charge in [0.15, 0.2) is 0 Å². The Morgan fingerprint density at radius 2 is 1.89 bits per heavy atom. The van der Waals surface area contributed by atoms with Gasteiger partial charge in [0.25, 0.3) is 0 Å². The molecule has 3 aromatic rings. The number of benzene rings is 2. The van der Waals surface area contributed by atoms with Crippen LogP contribution in [-0.2, 0) is 4.79 Å². The largest absolute Gasteiger partial charge is 0.349 e. The molecule has 28 heavy (non-hydrogen) atoms. The molecule has 4 rings (SSSR count). The predicted molar refractivity (Wildman–Crippen MR) is 103 cm³/mol. The number of rotatable bonds is 5. The smallest absolute Gasteiger partial charge is 0.224 e. The van der Waals surface area contributed by atoms with Crippen molar-refractivity contribution in [3.63, 3.8) is 0 Å². The molecule has 5 heteroatoms. The molecule has 2 unspecified atom stereocenters. The van der Waals surface area contributed by atoms with E-state index in [0.29, 0.717) is 0 Å². The number of amides is 1. The summed E-state index contributed by atoms with van der Waals surface area (Å²) in [5, 5.41) is 3.05. The molecule has 0 saturated heterocycles. The first-order chi connectivity index (χ1) is 13.5. The third-order valence-corrected chi connectivity index (χ3v) is 5.21. The van der Waals surface area contributed by atoms with Crippen LogP contribution in [0.4, 0.5) is 8.78 Å². The zero-order chi connectivity index (χ0) is 19.7. The maximum absolute atomic E-state index is 13.4. The zero-order valence-corrected chi connectivity index (χ0v) is 15.4. The SMILES string of the molecule is CC(NC(=O)[C@H]1CC1c1cccc(F)c1)c1cccc(-c2ccc(F)nc2)c1. The van der Waals surface area contributed by atoms with Gasteiger partial charge in [-0.15, -0.1) is 0 Å². The van der Waals surface area contributed by atoms with Gasteiger partial charge in [-0.25, -0.2) is 9.37 Å². The molecule has 142 valence electrons. The van der Waals surface area contributed by atoms with Gasteiger partial charge in [-0.3, -0.25) is 4.79 Å². The Kier molecular flexibility index (Phi) is 4.90. The lowest BCUT2D eigenvalue weighted by Gasteiger charge is -2.15. The van der Waals surface area contributed by atoms with Gasteiger partial charge in [0.2, 0.25) is 11.9 Å². The second-order valence-electron chi connectivity index (χ2n) is 7.23. The van der Waals surface area contributed by atoms with E-state index >= 15 is 0 Å². The standard InChI is InChI=1S/C23H20F2N2O/c1-14(15-4-2-5-16(10-15)18-8-9-22(25)26-13-18)27-23(28)21-12-20(21)17-6-3-7-19(24)11-17/h2-11,13-14,20-21H,12H2,1H3,(H,27,28)/t14?,20?,21-/m0/s1. The van der Waals surface area contributed by atoms with E-state index in [1.54, 1.807) is 12.1 Å². The fraction of sp³-hybridized carbons (Fsp3) is 0.217. The number of nitrogens with one attached hydrogen (secondary N) is 1. The Bertz CT molecular complexity index is 1000. The van der Waals surface area contributed by atoms with Gasteiger partial charge in [-0.2, -0.15) is 4.39 Å². The Hall–Kier alpha value is -3.08. The molecule has 1 saturated carbocycles. The second-order valence-corrected chi connectivity index (χ2v) is 7.23. The highest BCUT2D eigenvalue weighted by Crippen LogP contribution is 2.47. The maximum Gasteiger partial charge on any atom is 0.224 e. The lowest BCUT2D eigenvalue weighted by atomic mass is 10.0. The van der Waals surface area contributed by atoms with Crippen LogP contribution in [-0.4, -0.2) is 10.9 Å². The number of hydrogen-bond acceptors (Lipinski definition) is 2. The van der Waals surface area contributed by atoms with Crippen molar-refractivity contribution in [3.8, 4) is 11.1 Å². The minimum Gasteiger partial charge on any atom is -0.349 e. The molecule has 3 nitrogen and oxygen atoms in total. The van der Waals surface area contributed by atoms with Crippen LogP contribution in [0.1, 0.15) is 36.4 Å². The van der Waals surface area contributed by atoms with Gasteiger partial charge in [0, 0.05) is 17.7 Å². The van der Waals surface area contributed by atoms with Crippen molar-refractivity contribution < 1.29 is 13.6 Å². The molecule has 1 aliphatic rings. The third kappa shape index (κ3) is 3.93. The summed E-state index contributed by atoms with van der Waals surface area (Å²) < 4.78 is 26.4. The molecule has 0 radical (unpaired) electrons. The van der Waals surface area contributed by atoms with Crippen LogP contribution in [0.3, 0.4) is 0 Å². The van der Waals surface area contributed by atoms with Crippen LogP contribution in [0.25, 0.3) is 11.1 Å². The fourth-order valence-corrected chi connectivity index (χ4v) is 3.53. The van der Waals surface area contributed by atoms with Crippen molar-refractivity contribution in [1.29, 1.82) is 0 Å². The van der Waals surface area contributed by atoms with Crippen LogP contribution >= 0.6 is 0 Å². The van der Waals surface area contributed by atoms with E-state index < -0.39 is 5.95 Å². The third-order valence-electron chi connectivity index (χ3n) is 5.21. The fourth-order valence-electron chi connectivity index (χ4n) is 3.53. The van der Waals surface area contributed by atoms with Crippen LogP contribution < -0.4 is 5.32 Å². The van der Waals surface area contributed by atoms with E-state index in [0.717, 1.165) is 28.7 Å². The summed E-state index contributed by atoms with van der Waals surface area (Å²) in [4.78, 5) is 16.3. The van der Waals surface area contributed by atoms with E-state index in [-0.39, 0.29) is 29.6 Å². The first-order valence-electron chi connectivity index (χ1n) is 9.29. The van der Waals surface area contributed by atoms with Gasteiger partial charge in [-0.05, 0) is 66.3 Å². The van der Waals surface area contributed by atoms with Crippen molar-refractivity contribution in [2.24, 2.45) is 5.92 Å². The normalized spacial score (nSPS) is 19.1. The highest BCUT2D eigenvalue weighted by molar-refractivity contribution is 5.83. The lowest BCUT2D eigenvalue weighted by molar-refractivity contribution is -0.123. The quantitative estimate of drug-likeness (QED) is 0.634. The van der Waals surface area contributed by atoms with Crippen molar-refractivity contribution in [2.45, 2.75) is 25.3 Å². The van der Waals surface area contributed by atoms with Crippen LogP contribution in [0.5, 0.6) is 0 Å². The lowest BCUT2D eigenvalue weighted by Crippen LogP contribution is -2.28. The summed E-state index contributed by atoms with van der Waals surface area (Å²) in [7, 11) is 0. The molecule has 2 aromatic carbocycles. The van der Waals surface area contributed by atoms with Crippen LogP contribution in [0.15, 0.2) is 66.9 Å². The molecule has 1 aliphatic carbocycles. The number of carbonyl (C=O) groups excluding carboxylic acids is 1. The summed E-state index contributed by atoms with van der Waals surface area (Å²) in [5.41, 5.74) is 3.56. The monoisotopic (exact) mass is 378 g/mol. The van der Waals surface area contributed by atoms with Gasteiger partial charge >= 0.3 is 0 Å². The number of aromatic nitrogens is 1. The van der Waals surface area contributed by atoms with Gasteiger partial charge in [0.1, 0.15) is 5.82 Å². The topological polar surface area (TPSA) is 42.0 Å². The first kappa shape index (κ1) is 18.3. The summed E-state index contributed by atoms with van der Waals surface area (Å²) in [6, 6.07) is 17.0. The van der Waals surface area contributed by atoms with E-state index in [9.17, 15) is 13.6 Å². The number of hydrogen-bond donors (Lipinski definition) is 1. The molecule has 0 spiro atoms. The van der Waals surface area contributed by atoms with Crippen LogP contribution in [0, 0.1) is 17.7 Å². The van der Waals surface area contributed by atoms with Crippen LogP contribution in [0.2, 0.25) is 0 Å². The number of nitrogens with zero attached hydrogens (tertiary/aromatic N) is 1. The molecule has 3 atom stereocenters. The Morgan fingerprint density at radius 3 is 2.64 bits per heavy atom. The molecule has 0 bridgehead atoms. The summed E-state index contributed by atoms with van der Waals surface area (Å²) in [5.74, 6) is -0.842. The van der Waals surface area contributed by atoms with E-state index in [1.807, 2.05) is 37.3 Å². The van der Waals surface area contributed by atoms with Crippen molar-refractivity contribution in [2.75, 3.05) is 0 Å². The minimum atomic E-state index is -0.516. The molecule has 1 heterocycles. The Morgan fingerprint density at radius 1 is 1.07 bits per heavy atom. The van der Waals surface area contributed by atoms with Gasteiger partial charge < -0.3 is 5.32 Å². The zero-order valence-electron chi connectivity index (χ0n) is 15.4. The Balaban J connectivity index is 1.43. The number of halogens is 2. The molecule has 1 N–H and O–H groups in total. The van der Waals surface area contributed by atoms with Crippen molar-refractivity contribution in [3.05, 3.63) is 89.8 Å². The summed E-state index contributed by atoms with van der Waals surface area (Å²) in [6.45, 7) is 1.93. The van der Waals surface area contributed by atoms with E-state index in [2.05, 4.69) is 10.3 Å². The summed E-state index contributed by atoms with van der Waals surface area (Å²) in [6.07, 6.45) is 2.23. The number of carbonyl (C=O) groups is 1. The first-order valence-corrected chi connectivity index (χ1v) is 9.29. The number of pyridine rings is 1. The van der Waals surface area contributed by atoms with Crippen molar-refractivity contribution >= 4 is 5.91 Å². The second kappa shape index (κ2) is 7.50. The maximum atomic E-state index is 13.4. The highest BCUT2D eigenvalue weighted by Gasteiger charge is 2.44. The minimum absolute atomic E-state index is 0.0180. The molecule has 1 fully saturated rings. The Labute approximate surface area is 162 Å². The summed E-state index contributed by atoms with van der Waals surface area (Å²) >= 11 is 0. The van der Waals surface area contributed by atoms with Gasteiger partial charge in [-0.1, -0.05) is 30.3 Å². The molecular formula is C23H20F2N2O. The highest BCUT2D eigenvalue weighted by atomic mass is 19.1. The molecular weight excluding hydrogens is 358 g/mol. The average Bonchev–Trinajstić information content (AvgIpc) is 3.50. The van der Waals surface area contributed by atoms with E-state index in [1.165, 1.54) is 24.4 Å². The van der Waals surface area contributed by atoms with Gasteiger partial charge in [0.05, 0.1) is 6.04 Å². The average molecular weight is 378 g/mol. The molecule has 0 aliphatic heterocycles. The van der Waals surface area contributed by atoms with E-state index in [4.69, 9.17) is 0 Å². The molecule has 1 amide bonds. The molecule has 1 aromatic heterocycles.